The molecule has 150 valence electrons. The van der Waals surface area contributed by atoms with E-state index in [0.717, 1.165) is 10.4 Å². The first-order chi connectivity index (χ1) is 14.0. The quantitative estimate of drug-likeness (QED) is 0.579. The van der Waals surface area contributed by atoms with E-state index in [2.05, 4.69) is 5.32 Å². The van der Waals surface area contributed by atoms with Crippen molar-refractivity contribution in [2.24, 2.45) is 0 Å². The Balaban J connectivity index is 1.56. The summed E-state index contributed by atoms with van der Waals surface area (Å²) in [6.45, 7) is 0.719. The lowest BCUT2D eigenvalue weighted by molar-refractivity contribution is -0.132. The number of carbonyl (C=O) groups excluding carboxylic acids is 2. The third-order valence-electron chi connectivity index (χ3n) is 4.23. The number of nitrogens with one attached hydrogen (secondary N) is 1. The van der Waals surface area contributed by atoms with Gasteiger partial charge in [0.2, 0.25) is 0 Å². The van der Waals surface area contributed by atoms with Gasteiger partial charge in [-0.1, -0.05) is 54.1 Å². The van der Waals surface area contributed by atoms with Crippen LogP contribution >= 0.6 is 22.9 Å². The maximum Gasteiger partial charge on any atom is 0.260 e. The molecular weight excluding hydrogens is 408 g/mol. The monoisotopic (exact) mass is 428 g/mol. The number of benzene rings is 2. The smallest absolute Gasteiger partial charge is 0.260 e. The minimum absolute atomic E-state index is 0.154. The largest absolute Gasteiger partial charge is 0.483 e. The van der Waals surface area contributed by atoms with Gasteiger partial charge in [-0.15, -0.1) is 11.3 Å². The zero-order chi connectivity index (χ0) is 20.6. The van der Waals surface area contributed by atoms with Gasteiger partial charge in [0.1, 0.15) is 5.75 Å². The van der Waals surface area contributed by atoms with Crippen molar-refractivity contribution >= 4 is 34.8 Å². The normalized spacial score (nSPS) is 10.4. The van der Waals surface area contributed by atoms with Crippen molar-refractivity contribution in [3.8, 4) is 5.75 Å². The van der Waals surface area contributed by atoms with Crippen molar-refractivity contribution in [3.63, 3.8) is 0 Å². The fourth-order valence-electron chi connectivity index (χ4n) is 2.66. The van der Waals surface area contributed by atoms with E-state index in [1.807, 2.05) is 36.4 Å². The first kappa shape index (κ1) is 20.9. The number of para-hydroxylation sites is 1. The fourth-order valence-corrected chi connectivity index (χ4v) is 3.80. The summed E-state index contributed by atoms with van der Waals surface area (Å²) in [5.74, 6) is -0.0634. The van der Waals surface area contributed by atoms with E-state index >= 15 is 0 Å². The van der Waals surface area contributed by atoms with Crippen molar-refractivity contribution in [1.82, 2.24) is 10.2 Å². The molecule has 2 aromatic carbocycles. The number of amides is 2. The van der Waals surface area contributed by atoms with E-state index in [1.54, 1.807) is 42.3 Å². The molecule has 1 heterocycles. The van der Waals surface area contributed by atoms with Gasteiger partial charge in [-0.3, -0.25) is 9.59 Å². The van der Waals surface area contributed by atoms with Crippen LogP contribution in [0.3, 0.4) is 0 Å². The highest BCUT2D eigenvalue weighted by atomic mass is 35.5. The van der Waals surface area contributed by atoms with E-state index in [9.17, 15) is 9.59 Å². The standard InChI is InChI=1S/C22H21ClN2O3S/c1-25(14-17-11-12-20(23)29-17)21(26)15-28-19-10-6-5-9-18(19)22(27)24-13-16-7-3-2-4-8-16/h2-12H,13-15H2,1H3,(H,24,27). The number of hydrogen-bond acceptors (Lipinski definition) is 4. The average Bonchev–Trinajstić information content (AvgIpc) is 3.15. The lowest BCUT2D eigenvalue weighted by Crippen LogP contribution is -2.31. The second-order valence-electron chi connectivity index (χ2n) is 6.41. The Morgan fingerprint density at radius 2 is 1.76 bits per heavy atom. The first-order valence-corrected chi connectivity index (χ1v) is 10.2. The van der Waals surface area contributed by atoms with Gasteiger partial charge < -0.3 is 15.0 Å². The van der Waals surface area contributed by atoms with E-state index in [4.69, 9.17) is 16.3 Å². The molecule has 29 heavy (non-hydrogen) atoms. The second kappa shape index (κ2) is 10.1. The topological polar surface area (TPSA) is 58.6 Å². The molecule has 0 aliphatic rings. The third-order valence-corrected chi connectivity index (χ3v) is 5.44. The summed E-state index contributed by atoms with van der Waals surface area (Å²) >= 11 is 7.36. The van der Waals surface area contributed by atoms with Gasteiger partial charge in [-0.2, -0.15) is 0 Å². The van der Waals surface area contributed by atoms with Crippen LogP contribution in [-0.2, 0) is 17.9 Å². The van der Waals surface area contributed by atoms with E-state index < -0.39 is 0 Å². The van der Waals surface area contributed by atoms with Gasteiger partial charge in [0.05, 0.1) is 16.4 Å². The zero-order valence-corrected chi connectivity index (χ0v) is 17.5. The van der Waals surface area contributed by atoms with Crippen LogP contribution < -0.4 is 10.1 Å². The van der Waals surface area contributed by atoms with E-state index in [-0.39, 0.29) is 18.4 Å². The summed E-state index contributed by atoms with van der Waals surface area (Å²) in [6, 6.07) is 20.2. The van der Waals surface area contributed by atoms with Gasteiger partial charge in [0.15, 0.2) is 6.61 Å². The minimum atomic E-state index is -0.251. The summed E-state index contributed by atoms with van der Waals surface area (Å²) in [4.78, 5) is 27.5. The van der Waals surface area contributed by atoms with Gasteiger partial charge in [-0.25, -0.2) is 0 Å². The molecule has 0 atom stereocenters. The van der Waals surface area contributed by atoms with Gasteiger partial charge >= 0.3 is 0 Å². The number of halogens is 1. The highest BCUT2D eigenvalue weighted by molar-refractivity contribution is 7.16. The van der Waals surface area contributed by atoms with Gasteiger partial charge in [-0.05, 0) is 29.8 Å². The molecule has 1 N–H and O–H groups in total. The fraction of sp³-hybridized carbons (Fsp3) is 0.182. The summed E-state index contributed by atoms with van der Waals surface area (Å²) in [7, 11) is 1.71. The van der Waals surface area contributed by atoms with Crippen LogP contribution in [0.1, 0.15) is 20.8 Å². The molecule has 5 nitrogen and oxygen atoms in total. The average molecular weight is 429 g/mol. The number of carbonyl (C=O) groups is 2. The third kappa shape index (κ3) is 6.07. The number of ether oxygens (including phenoxy) is 1. The molecule has 0 bridgehead atoms. The SMILES string of the molecule is CN(Cc1ccc(Cl)s1)C(=O)COc1ccccc1C(=O)NCc1ccccc1. The Hall–Kier alpha value is -2.83. The number of hydrogen-bond donors (Lipinski definition) is 1. The molecule has 0 unspecified atom stereocenters. The molecule has 0 fully saturated rings. The Morgan fingerprint density at radius 1 is 1.03 bits per heavy atom. The predicted octanol–water partition coefficient (Wildman–Crippen LogP) is 4.37. The van der Waals surface area contributed by atoms with Crippen LogP contribution in [0.15, 0.2) is 66.7 Å². The van der Waals surface area contributed by atoms with Crippen molar-refractivity contribution in [3.05, 3.63) is 87.1 Å². The Bertz CT molecular complexity index is 975. The maximum atomic E-state index is 12.6. The summed E-state index contributed by atoms with van der Waals surface area (Å²) in [5.41, 5.74) is 1.40. The number of nitrogens with zero attached hydrogens (tertiary/aromatic N) is 1. The Labute approximate surface area is 178 Å². The van der Waals surface area contributed by atoms with Crippen LogP contribution in [-0.4, -0.2) is 30.4 Å². The lowest BCUT2D eigenvalue weighted by atomic mass is 10.1. The van der Waals surface area contributed by atoms with Crippen molar-refractivity contribution < 1.29 is 14.3 Å². The number of thiophene rings is 1. The summed E-state index contributed by atoms with van der Waals surface area (Å²) in [5, 5.41) is 2.88. The van der Waals surface area contributed by atoms with E-state index in [0.29, 0.717) is 28.7 Å². The van der Waals surface area contributed by atoms with Crippen molar-refractivity contribution in [2.45, 2.75) is 13.1 Å². The molecule has 2 amide bonds. The highest BCUT2D eigenvalue weighted by Crippen LogP contribution is 2.22. The molecule has 0 radical (unpaired) electrons. The molecule has 0 aliphatic carbocycles. The lowest BCUT2D eigenvalue weighted by Gasteiger charge is -2.17. The van der Waals surface area contributed by atoms with E-state index in [1.165, 1.54) is 11.3 Å². The molecule has 0 aliphatic heterocycles. The molecular formula is C22H21ClN2O3S. The predicted molar refractivity (Wildman–Crippen MR) is 115 cm³/mol. The number of likely N-dealkylation sites (N-methyl/N-ethyl adjacent to an activating group) is 1. The van der Waals surface area contributed by atoms with Gasteiger partial charge in [0.25, 0.3) is 11.8 Å². The summed E-state index contributed by atoms with van der Waals surface area (Å²) in [6.07, 6.45) is 0. The Kier molecular flexibility index (Phi) is 7.27. The summed E-state index contributed by atoms with van der Waals surface area (Å²) < 4.78 is 6.35. The van der Waals surface area contributed by atoms with Crippen LogP contribution in [0.2, 0.25) is 4.34 Å². The highest BCUT2D eigenvalue weighted by Gasteiger charge is 2.15. The van der Waals surface area contributed by atoms with Crippen LogP contribution in [0.4, 0.5) is 0 Å². The second-order valence-corrected chi connectivity index (χ2v) is 8.21. The molecule has 3 rings (SSSR count). The molecule has 0 spiro atoms. The minimum Gasteiger partial charge on any atom is -0.483 e. The number of rotatable bonds is 8. The molecule has 3 aromatic rings. The maximum absolute atomic E-state index is 12.6. The molecule has 0 saturated heterocycles. The van der Waals surface area contributed by atoms with Crippen LogP contribution in [0, 0.1) is 0 Å². The van der Waals surface area contributed by atoms with Gasteiger partial charge in [0, 0.05) is 18.5 Å². The zero-order valence-electron chi connectivity index (χ0n) is 15.9. The van der Waals surface area contributed by atoms with Crippen LogP contribution in [0.5, 0.6) is 5.75 Å². The molecule has 1 aromatic heterocycles. The molecule has 0 saturated carbocycles. The van der Waals surface area contributed by atoms with Crippen molar-refractivity contribution in [2.75, 3.05) is 13.7 Å². The van der Waals surface area contributed by atoms with Crippen molar-refractivity contribution in [1.29, 1.82) is 0 Å². The Morgan fingerprint density at radius 3 is 2.48 bits per heavy atom. The first-order valence-electron chi connectivity index (χ1n) is 9.05. The van der Waals surface area contributed by atoms with Crippen LogP contribution in [0.25, 0.3) is 0 Å². The molecule has 7 heteroatoms.